The summed E-state index contributed by atoms with van der Waals surface area (Å²) in [6, 6.07) is 10.5. The van der Waals surface area contributed by atoms with E-state index in [1.807, 2.05) is 17.6 Å². The Bertz CT molecular complexity index is 403. The van der Waals surface area contributed by atoms with Crippen LogP contribution in [0.15, 0.2) is 41.9 Å². The molecule has 0 radical (unpaired) electrons. The number of rotatable bonds is 5. The average Bonchev–Trinajstić information content (AvgIpc) is 2.85. The third kappa shape index (κ3) is 3.82. The van der Waals surface area contributed by atoms with E-state index in [-0.39, 0.29) is 17.0 Å². The minimum Gasteiger partial charge on any atom is -0.318 e. The van der Waals surface area contributed by atoms with E-state index in [1.165, 1.54) is 18.5 Å². The number of halogens is 1. The van der Waals surface area contributed by atoms with Crippen LogP contribution in [0.25, 0.3) is 0 Å². The van der Waals surface area contributed by atoms with E-state index in [2.05, 4.69) is 41.1 Å². The summed E-state index contributed by atoms with van der Waals surface area (Å²) in [5.74, 6) is 0. The Balaban J connectivity index is 0.00000144. The maximum atomic E-state index is 4.39. The van der Waals surface area contributed by atoms with E-state index < -0.39 is 0 Å². The monoisotopic (exact) mass is 312 g/mol. The Kier molecular flexibility index (Phi) is 6.22. The lowest BCUT2D eigenvalue weighted by molar-refractivity contribution is 0.784. The first kappa shape index (κ1) is 14.2. The molecule has 0 fully saturated rings. The average molecular weight is 313 g/mol. The van der Waals surface area contributed by atoms with Gasteiger partial charge in [0.2, 0.25) is 0 Å². The number of benzene rings is 1. The van der Waals surface area contributed by atoms with Gasteiger partial charge in [-0.1, -0.05) is 31.5 Å². The minimum atomic E-state index is 0. The summed E-state index contributed by atoms with van der Waals surface area (Å²) >= 11 is 1.69. The molecule has 1 heterocycles. The summed E-state index contributed by atoms with van der Waals surface area (Å²) in [6.07, 6.45) is 4.26. The molecule has 1 aromatic heterocycles. The van der Waals surface area contributed by atoms with E-state index in [9.17, 15) is 0 Å². The molecule has 4 heteroatoms. The van der Waals surface area contributed by atoms with Gasteiger partial charge >= 0.3 is 0 Å². The van der Waals surface area contributed by atoms with Crippen molar-refractivity contribution in [2.45, 2.75) is 19.8 Å². The van der Waals surface area contributed by atoms with Crippen LogP contribution in [0.3, 0.4) is 0 Å². The van der Waals surface area contributed by atoms with Crippen molar-refractivity contribution in [1.29, 1.82) is 0 Å². The highest BCUT2D eigenvalue weighted by Gasteiger charge is 2.09. The van der Waals surface area contributed by atoms with E-state index in [4.69, 9.17) is 0 Å². The largest absolute Gasteiger partial charge is 0.318 e. The number of hydrogen-bond donors (Lipinski definition) is 0. The van der Waals surface area contributed by atoms with Gasteiger partial charge in [0, 0.05) is 23.8 Å². The Hall–Kier alpha value is -0.870. The van der Waals surface area contributed by atoms with Gasteiger partial charge in [-0.3, -0.25) is 0 Å². The van der Waals surface area contributed by atoms with Crippen molar-refractivity contribution in [3.8, 4) is 0 Å². The molecule has 0 spiro atoms. The van der Waals surface area contributed by atoms with Crippen LogP contribution in [-0.4, -0.2) is 11.5 Å². The van der Waals surface area contributed by atoms with Crippen LogP contribution in [0.5, 0.6) is 0 Å². The first-order chi connectivity index (χ1) is 7.92. The van der Waals surface area contributed by atoms with E-state index in [0.29, 0.717) is 0 Å². The number of thiazole rings is 1. The molecule has 2 nitrogen and oxygen atoms in total. The van der Waals surface area contributed by atoms with Crippen LogP contribution in [0.4, 0.5) is 10.8 Å². The van der Waals surface area contributed by atoms with E-state index in [1.54, 1.807) is 11.3 Å². The molecule has 0 amide bonds. The highest BCUT2D eigenvalue weighted by Crippen LogP contribution is 2.27. The lowest BCUT2D eigenvalue weighted by Gasteiger charge is -2.21. The zero-order valence-electron chi connectivity index (χ0n) is 9.87. The van der Waals surface area contributed by atoms with Crippen molar-refractivity contribution in [3.63, 3.8) is 0 Å². The molecule has 0 aliphatic rings. The van der Waals surface area contributed by atoms with Gasteiger partial charge in [-0.05, 0) is 18.6 Å². The topological polar surface area (TPSA) is 16.1 Å². The summed E-state index contributed by atoms with van der Waals surface area (Å²) in [4.78, 5) is 6.68. The maximum absolute atomic E-state index is 4.39. The van der Waals surface area contributed by atoms with Gasteiger partial charge in [0.25, 0.3) is 0 Å². The van der Waals surface area contributed by atoms with Crippen molar-refractivity contribution in [2.24, 2.45) is 0 Å². The second-order valence-corrected chi connectivity index (χ2v) is 4.53. The van der Waals surface area contributed by atoms with Gasteiger partial charge in [-0.15, -0.1) is 28.3 Å². The summed E-state index contributed by atoms with van der Waals surface area (Å²) < 4.78 is 0. The predicted molar refractivity (Wildman–Crippen MR) is 80.8 cm³/mol. The van der Waals surface area contributed by atoms with Crippen molar-refractivity contribution >= 4 is 39.1 Å². The number of anilines is 2. The molecule has 0 bridgehead atoms. The van der Waals surface area contributed by atoms with Crippen molar-refractivity contribution in [1.82, 2.24) is 4.98 Å². The highest BCUT2D eigenvalue weighted by molar-refractivity contribution is 8.93. The summed E-state index contributed by atoms with van der Waals surface area (Å²) in [6.45, 7) is 3.25. The molecule has 17 heavy (non-hydrogen) atoms. The van der Waals surface area contributed by atoms with Crippen molar-refractivity contribution in [2.75, 3.05) is 11.4 Å². The van der Waals surface area contributed by atoms with Gasteiger partial charge in [0.05, 0.1) is 0 Å². The second-order valence-electron chi connectivity index (χ2n) is 3.66. The standard InChI is InChI=1S/C13H16N2S.BrH/c1-2-3-10-15(13-14-9-11-16-13)12-7-5-4-6-8-12;/h4-9,11H,2-3,10H2,1H3;1H. The van der Waals surface area contributed by atoms with Crippen molar-refractivity contribution < 1.29 is 0 Å². The molecular weight excluding hydrogens is 296 g/mol. The Morgan fingerprint density at radius 3 is 2.59 bits per heavy atom. The molecule has 2 aromatic rings. The third-order valence-electron chi connectivity index (χ3n) is 2.45. The Morgan fingerprint density at radius 2 is 2.00 bits per heavy atom. The van der Waals surface area contributed by atoms with Gasteiger partial charge < -0.3 is 4.90 Å². The maximum Gasteiger partial charge on any atom is 0.189 e. The van der Waals surface area contributed by atoms with Crippen molar-refractivity contribution in [3.05, 3.63) is 41.9 Å². The van der Waals surface area contributed by atoms with Gasteiger partial charge in [-0.25, -0.2) is 4.98 Å². The molecular formula is C13H17BrN2S. The predicted octanol–water partition coefficient (Wildman–Crippen LogP) is 4.66. The van der Waals surface area contributed by atoms with Gasteiger partial charge in [-0.2, -0.15) is 0 Å². The molecule has 0 aliphatic carbocycles. The molecule has 0 saturated carbocycles. The van der Waals surface area contributed by atoms with E-state index >= 15 is 0 Å². The zero-order valence-corrected chi connectivity index (χ0v) is 12.4. The fraction of sp³-hybridized carbons (Fsp3) is 0.308. The molecule has 1 aromatic carbocycles. The smallest absolute Gasteiger partial charge is 0.189 e. The first-order valence-corrected chi connectivity index (χ1v) is 6.52. The number of unbranched alkanes of at least 4 members (excludes halogenated alkanes) is 1. The SMILES string of the molecule is Br.CCCCN(c1ccccc1)c1nccs1. The Labute approximate surface area is 117 Å². The van der Waals surface area contributed by atoms with Gasteiger partial charge in [0.15, 0.2) is 5.13 Å². The first-order valence-electron chi connectivity index (χ1n) is 5.64. The number of hydrogen-bond acceptors (Lipinski definition) is 3. The molecule has 0 unspecified atom stereocenters. The summed E-state index contributed by atoms with van der Waals surface area (Å²) in [7, 11) is 0. The normalized spacial score (nSPS) is 9.71. The quantitative estimate of drug-likeness (QED) is 0.798. The molecule has 0 atom stereocenters. The van der Waals surface area contributed by atoms with Crippen LogP contribution in [0.2, 0.25) is 0 Å². The zero-order chi connectivity index (χ0) is 11.2. The number of para-hydroxylation sites is 1. The second kappa shape index (κ2) is 7.45. The lowest BCUT2D eigenvalue weighted by Crippen LogP contribution is -2.17. The highest BCUT2D eigenvalue weighted by atomic mass is 79.9. The fourth-order valence-corrected chi connectivity index (χ4v) is 2.30. The summed E-state index contributed by atoms with van der Waals surface area (Å²) in [5.41, 5.74) is 1.23. The molecule has 2 rings (SSSR count). The van der Waals surface area contributed by atoms with Crippen LogP contribution >= 0.6 is 28.3 Å². The van der Waals surface area contributed by atoms with Gasteiger partial charge in [0.1, 0.15) is 0 Å². The summed E-state index contributed by atoms with van der Waals surface area (Å²) in [5, 5.41) is 3.11. The molecule has 0 saturated heterocycles. The third-order valence-corrected chi connectivity index (χ3v) is 3.25. The molecule has 0 aliphatic heterocycles. The molecule has 92 valence electrons. The minimum absolute atomic E-state index is 0. The lowest BCUT2D eigenvalue weighted by atomic mass is 10.2. The van der Waals surface area contributed by atoms with Crippen LogP contribution in [0, 0.1) is 0 Å². The fourth-order valence-electron chi connectivity index (χ4n) is 1.61. The Morgan fingerprint density at radius 1 is 1.24 bits per heavy atom. The number of aromatic nitrogens is 1. The van der Waals surface area contributed by atoms with Crippen LogP contribution < -0.4 is 4.90 Å². The van der Waals surface area contributed by atoms with Crippen LogP contribution in [0.1, 0.15) is 19.8 Å². The van der Waals surface area contributed by atoms with E-state index in [0.717, 1.165) is 11.7 Å². The molecule has 0 N–H and O–H groups in total. The number of nitrogens with zero attached hydrogens (tertiary/aromatic N) is 2. The van der Waals surface area contributed by atoms with Crippen LogP contribution in [-0.2, 0) is 0 Å².